The lowest BCUT2D eigenvalue weighted by Gasteiger charge is -2.26. The number of morpholine rings is 1. The van der Waals surface area contributed by atoms with E-state index in [0.717, 1.165) is 11.3 Å². The number of hydrogen-bond acceptors (Lipinski definition) is 5. The molecule has 1 saturated heterocycles. The fourth-order valence-electron chi connectivity index (χ4n) is 1.87. The van der Waals surface area contributed by atoms with E-state index < -0.39 is 11.9 Å². The van der Waals surface area contributed by atoms with E-state index in [1.165, 1.54) is 0 Å². The van der Waals surface area contributed by atoms with Crippen molar-refractivity contribution in [1.29, 1.82) is 0 Å². The van der Waals surface area contributed by atoms with Gasteiger partial charge < -0.3 is 15.0 Å². The van der Waals surface area contributed by atoms with Gasteiger partial charge in [0.05, 0.1) is 18.1 Å². The molecule has 0 radical (unpaired) electrons. The molecule has 4 nitrogen and oxygen atoms in total. The van der Waals surface area contributed by atoms with Gasteiger partial charge in [0.15, 0.2) is 10.8 Å². The van der Waals surface area contributed by atoms with Crippen LogP contribution in [-0.4, -0.2) is 37.3 Å². The molecule has 0 spiro atoms. The summed E-state index contributed by atoms with van der Waals surface area (Å²) in [6.07, 6.45) is -4.41. The van der Waals surface area contributed by atoms with Crippen LogP contribution < -0.4 is 10.2 Å². The average Bonchev–Trinajstić information content (AvgIpc) is 2.81. The summed E-state index contributed by atoms with van der Waals surface area (Å²) in [7, 11) is 0. The molecule has 0 bridgehead atoms. The zero-order valence-electron chi connectivity index (χ0n) is 11.5. The first-order chi connectivity index (χ1) is 9.38. The molecule has 0 saturated carbocycles. The minimum Gasteiger partial charge on any atom is -0.378 e. The lowest BCUT2D eigenvalue weighted by molar-refractivity contribution is -0.141. The minimum absolute atomic E-state index is 0.130. The van der Waals surface area contributed by atoms with Crippen LogP contribution in [0.4, 0.5) is 18.3 Å². The molecule has 114 valence electrons. The first-order valence-electron chi connectivity index (χ1n) is 6.51. The van der Waals surface area contributed by atoms with Crippen molar-refractivity contribution < 1.29 is 17.9 Å². The van der Waals surface area contributed by atoms with Gasteiger partial charge in [-0.15, -0.1) is 0 Å². The molecule has 0 aliphatic carbocycles. The minimum atomic E-state index is -4.41. The van der Waals surface area contributed by atoms with Crippen molar-refractivity contribution in [2.24, 2.45) is 0 Å². The van der Waals surface area contributed by atoms with Gasteiger partial charge in [-0.3, -0.25) is 0 Å². The second kappa shape index (κ2) is 6.28. The molecule has 0 unspecified atom stereocenters. The molecule has 0 aromatic carbocycles. The smallest absolute Gasteiger partial charge is 0.378 e. The lowest BCUT2D eigenvalue weighted by atomic mass is 10.3. The van der Waals surface area contributed by atoms with E-state index in [1.54, 1.807) is 0 Å². The quantitative estimate of drug-likeness (QED) is 0.927. The van der Waals surface area contributed by atoms with E-state index in [9.17, 15) is 13.2 Å². The van der Waals surface area contributed by atoms with Crippen LogP contribution >= 0.6 is 11.3 Å². The van der Waals surface area contributed by atoms with Gasteiger partial charge in [-0.25, -0.2) is 4.98 Å². The van der Waals surface area contributed by atoms with Gasteiger partial charge in [-0.2, -0.15) is 13.2 Å². The Morgan fingerprint density at radius 3 is 2.55 bits per heavy atom. The third-order valence-corrected chi connectivity index (χ3v) is 4.02. The van der Waals surface area contributed by atoms with Crippen LogP contribution in [0.3, 0.4) is 0 Å². The van der Waals surface area contributed by atoms with Crippen molar-refractivity contribution >= 4 is 16.5 Å². The van der Waals surface area contributed by atoms with Gasteiger partial charge in [-0.05, 0) is 0 Å². The molecular weight excluding hydrogens is 291 g/mol. The third-order valence-electron chi connectivity index (χ3n) is 2.91. The fraction of sp³-hybridized carbons (Fsp3) is 0.750. The topological polar surface area (TPSA) is 37.4 Å². The standard InChI is InChI=1S/C12H18F3N3OS/c1-8(2)16-7-9-10(12(13,14)15)17-11(20-9)18-3-5-19-6-4-18/h8,16H,3-7H2,1-2H3. The predicted octanol–water partition coefficient (Wildman–Crippen LogP) is 2.50. The van der Waals surface area contributed by atoms with E-state index >= 15 is 0 Å². The van der Waals surface area contributed by atoms with Crippen LogP contribution in [0.1, 0.15) is 24.4 Å². The Balaban J connectivity index is 2.21. The molecule has 2 rings (SSSR count). The Hall–Kier alpha value is -0.860. The molecule has 1 aliphatic heterocycles. The second-order valence-corrected chi connectivity index (χ2v) is 5.96. The Bertz CT molecular complexity index is 442. The maximum Gasteiger partial charge on any atom is 0.434 e. The third kappa shape index (κ3) is 3.83. The molecule has 1 N–H and O–H groups in total. The SMILES string of the molecule is CC(C)NCc1sc(N2CCOCC2)nc1C(F)(F)F. The lowest BCUT2D eigenvalue weighted by Crippen LogP contribution is -2.36. The number of aromatic nitrogens is 1. The molecule has 8 heteroatoms. The van der Waals surface area contributed by atoms with Crippen LogP contribution in [0, 0.1) is 0 Å². The first kappa shape index (κ1) is 15.5. The summed E-state index contributed by atoms with van der Waals surface area (Å²) < 4.78 is 44.3. The molecule has 0 amide bonds. The van der Waals surface area contributed by atoms with Gasteiger partial charge in [0.1, 0.15) is 0 Å². The number of hydrogen-bond donors (Lipinski definition) is 1. The van der Waals surface area contributed by atoms with Crippen molar-refractivity contribution in [3.05, 3.63) is 10.6 Å². The molecule has 1 aromatic heterocycles. The van der Waals surface area contributed by atoms with Crippen LogP contribution in [0.15, 0.2) is 0 Å². The Kier molecular flexibility index (Phi) is 4.87. The number of ether oxygens (including phenoxy) is 1. The normalized spacial score (nSPS) is 17.0. The number of thiazole rings is 1. The Labute approximate surface area is 119 Å². The van der Waals surface area contributed by atoms with Gasteiger partial charge in [0.2, 0.25) is 0 Å². The summed E-state index contributed by atoms with van der Waals surface area (Å²) in [5.74, 6) is 0. The van der Waals surface area contributed by atoms with E-state index in [-0.39, 0.29) is 17.5 Å². The van der Waals surface area contributed by atoms with Crippen molar-refractivity contribution in [2.45, 2.75) is 32.6 Å². The van der Waals surface area contributed by atoms with Gasteiger partial charge in [0, 0.05) is 25.7 Å². The summed E-state index contributed by atoms with van der Waals surface area (Å²) in [5.41, 5.74) is -0.767. The molecule has 0 atom stereocenters. The van der Waals surface area contributed by atoms with Crippen molar-refractivity contribution in [1.82, 2.24) is 10.3 Å². The van der Waals surface area contributed by atoms with Crippen molar-refractivity contribution in [2.75, 3.05) is 31.2 Å². The Morgan fingerprint density at radius 1 is 1.35 bits per heavy atom. The maximum atomic E-state index is 13.0. The summed E-state index contributed by atoms with van der Waals surface area (Å²) in [6.45, 7) is 6.22. The zero-order valence-corrected chi connectivity index (χ0v) is 12.3. The maximum absolute atomic E-state index is 13.0. The number of rotatable bonds is 4. The highest BCUT2D eigenvalue weighted by atomic mass is 32.1. The summed E-state index contributed by atoms with van der Waals surface area (Å²) >= 11 is 1.11. The molecule has 2 heterocycles. The fourth-order valence-corrected chi connectivity index (χ4v) is 2.95. The molecular formula is C12H18F3N3OS. The number of nitrogens with zero attached hydrogens (tertiary/aromatic N) is 2. The molecule has 1 aliphatic rings. The van der Waals surface area contributed by atoms with Crippen molar-refractivity contribution in [3.63, 3.8) is 0 Å². The first-order valence-corrected chi connectivity index (χ1v) is 7.32. The van der Waals surface area contributed by atoms with Gasteiger partial charge in [-0.1, -0.05) is 25.2 Å². The molecule has 1 aromatic rings. The van der Waals surface area contributed by atoms with E-state index in [2.05, 4.69) is 10.3 Å². The predicted molar refractivity (Wildman–Crippen MR) is 72.1 cm³/mol. The highest BCUT2D eigenvalue weighted by Gasteiger charge is 2.38. The van der Waals surface area contributed by atoms with Gasteiger partial charge >= 0.3 is 6.18 Å². The van der Waals surface area contributed by atoms with Crippen LogP contribution in [-0.2, 0) is 17.5 Å². The number of alkyl halides is 3. The summed E-state index contributed by atoms with van der Waals surface area (Å²) in [4.78, 5) is 5.90. The average molecular weight is 309 g/mol. The number of halogens is 3. The van der Waals surface area contributed by atoms with Crippen molar-refractivity contribution in [3.8, 4) is 0 Å². The summed E-state index contributed by atoms with van der Waals surface area (Å²) in [5, 5.41) is 3.45. The Morgan fingerprint density at radius 2 is 2.00 bits per heavy atom. The van der Waals surface area contributed by atoms with E-state index in [0.29, 0.717) is 31.4 Å². The number of nitrogens with one attached hydrogen (secondary N) is 1. The largest absolute Gasteiger partial charge is 0.434 e. The van der Waals surface area contributed by atoms with Gasteiger partial charge in [0.25, 0.3) is 0 Å². The van der Waals surface area contributed by atoms with E-state index in [1.807, 2.05) is 18.7 Å². The van der Waals surface area contributed by atoms with Crippen LogP contribution in [0.25, 0.3) is 0 Å². The number of anilines is 1. The van der Waals surface area contributed by atoms with Crippen LogP contribution in [0.2, 0.25) is 0 Å². The highest BCUT2D eigenvalue weighted by molar-refractivity contribution is 7.15. The molecule has 20 heavy (non-hydrogen) atoms. The summed E-state index contributed by atoms with van der Waals surface area (Å²) in [6, 6.07) is 0.130. The molecule has 1 fully saturated rings. The monoisotopic (exact) mass is 309 g/mol. The van der Waals surface area contributed by atoms with Crippen LogP contribution in [0.5, 0.6) is 0 Å². The van der Waals surface area contributed by atoms with E-state index in [4.69, 9.17) is 4.74 Å². The highest BCUT2D eigenvalue weighted by Crippen LogP contribution is 2.37. The second-order valence-electron chi connectivity index (χ2n) is 4.90. The zero-order chi connectivity index (χ0) is 14.8.